The maximum absolute atomic E-state index is 13.3. The van der Waals surface area contributed by atoms with Crippen molar-refractivity contribution >= 4 is 23.2 Å². The molecule has 2 aromatic carbocycles. The van der Waals surface area contributed by atoms with Crippen molar-refractivity contribution in [1.82, 2.24) is 4.57 Å². The Morgan fingerprint density at radius 3 is 2.10 bits per heavy atom. The molecule has 3 aromatic rings. The minimum absolute atomic E-state index is 0.0844. The lowest BCUT2D eigenvalue weighted by Gasteiger charge is -2.20. The molecule has 0 saturated heterocycles. The Morgan fingerprint density at radius 2 is 1.53 bits per heavy atom. The smallest absolute Gasteiger partial charge is 0.261 e. The Bertz CT molecular complexity index is 1110. The van der Waals surface area contributed by atoms with Gasteiger partial charge >= 0.3 is 0 Å². The summed E-state index contributed by atoms with van der Waals surface area (Å²) in [6.45, 7) is 8.24. The molecule has 1 amide bonds. The summed E-state index contributed by atoms with van der Waals surface area (Å²) >= 11 is 6.38. The largest absolute Gasteiger partial charge is 0.342 e. The van der Waals surface area contributed by atoms with E-state index in [-0.39, 0.29) is 10.6 Å². The highest BCUT2D eigenvalue weighted by molar-refractivity contribution is 6.31. The third-order valence-corrected chi connectivity index (χ3v) is 6.01. The number of pyridine rings is 1. The average molecular weight is 423 g/mol. The third-order valence-electron chi connectivity index (χ3n) is 5.56. The molecule has 1 aromatic heterocycles. The maximum atomic E-state index is 13.3. The summed E-state index contributed by atoms with van der Waals surface area (Å²) in [5.41, 5.74) is 4.87. The number of rotatable bonds is 6. The molecule has 0 aliphatic rings. The van der Waals surface area contributed by atoms with E-state index in [1.54, 1.807) is 6.92 Å². The van der Waals surface area contributed by atoms with E-state index in [1.807, 2.05) is 73.9 Å². The molecular formula is C25H27ClN2O2. The number of amides is 1. The molecule has 0 aliphatic carbocycles. The van der Waals surface area contributed by atoms with E-state index in [1.165, 1.54) is 0 Å². The number of benzene rings is 2. The normalized spacial score (nSPS) is 10.8. The van der Waals surface area contributed by atoms with Crippen LogP contribution in [0, 0.1) is 13.8 Å². The fraction of sp³-hybridized carbons (Fsp3) is 0.280. The van der Waals surface area contributed by atoms with Crippen LogP contribution < -0.4 is 10.7 Å². The van der Waals surface area contributed by atoms with Crippen molar-refractivity contribution in [3.8, 4) is 0 Å². The van der Waals surface area contributed by atoms with Gasteiger partial charge in [-0.15, -0.1) is 0 Å². The molecule has 0 saturated carbocycles. The van der Waals surface area contributed by atoms with Crippen LogP contribution in [0.25, 0.3) is 0 Å². The van der Waals surface area contributed by atoms with Gasteiger partial charge in [0.25, 0.3) is 5.91 Å². The second-order valence-electron chi connectivity index (χ2n) is 7.37. The van der Waals surface area contributed by atoms with Gasteiger partial charge in [0.2, 0.25) is 5.43 Å². The molecule has 0 spiro atoms. The Labute approximate surface area is 182 Å². The second kappa shape index (κ2) is 9.31. The number of carbonyl (C=O) groups is 1. The van der Waals surface area contributed by atoms with Crippen LogP contribution in [-0.4, -0.2) is 10.5 Å². The van der Waals surface area contributed by atoms with Gasteiger partial charge in [0, 0.05) is 23.6 Å². The molecule has 0 radical (unpaired) electrons. The summed E-state index contributed by atoms with van der Waals surface area (Å²) < 4.78 is 1.93. The highest BCUT2D eigenvalue weighted by atomic mass is 35.5. The van der Waals surface area contributed by atoms with Gasteiger partial charge in [0.1, 0.15) is 10.6 Å². The summed E-state index contributed by atoms with van der Waals surface area (Å²) in [5.74, 6) is -0.420. The van der Waals surface area contributed by atoms with Crippen molar-refractivity contribution in [1.29, 1.82) is 0 Å². The van der Waals surface area contributed by atoms with Crippen LogP contribution in [0.1, 0.15) is 52.3 Å². The number of nitrogens with zero attached hydrogens (tertiary/aromatic N) is 1. The van der Waals surface area contributed by atoms with Gasteiger partial charge in [-0.1, -0.05) is 74.0 Å². The quantitative estimate of drug-likeness (QED) is 0.566. The lowest BCUT2D eigenvalue weighted by molar-refractivity contribution is 0.102. The van der Waals surface area contributed by atoms with Crippen molar-refractivity contribution in [2.24, 2.45) is 0 Å². The van der Waals surface area contributed by atoms with Crippen molar-refractivity contribution in [2.75, 3.05) is 5.32 Å². The molecule has 1 N–H and O–H groups in total. The van der Waals surface area contributed by atoms with Crippen molar-refractivity contribution < 1.29 is 4.79 Å². The molecule has 30 heavy (non-hydrogen) atoms. The summed E-state index contributed by atoms with van der Waals surface area (Å²) in [4.78, 5) is 26.2. The molecule has 0 fully saturated rings. The molecule has 1 heterocycles. The van der Waals surface area contributed by atoms with Gasteiger partial charge in [-0.25, -0.2) is 0 Å². The highest BCUT2D eigenvalue weighted by Crippen LogP contribution is 2.24. The molecule has 156 valence electrons. The monoisotopic (exact) mass is 422 g/mol. The minimum atomic E-state index is -0.430. The van der Waals surface area contributed by atoms with Crippen LogP contribution in [0.15, 0.2) is 53.3 Å². The number of hydrogen-bond acceptors (Lipinski definition) is 2. The number of aryl methyl sites for hydroxylation is 2. The van der Waals surface area contributed by atoms with Crippen LogP contribution in [0.4, 0.5) is 5.69 Å². The topological polar surface area (TPSA) is 51.1 Å². The third kappa shape index (κ3) is 4.19. The predicted octanol–water partition coefficient (Wildman–Crippen LogP) is 5.54. The number of aromatic nitrogens is 1. The van der Waals surface area contributed by atoms with Crippen LogP contribution in [0.2, 0.25) is 5.02 Å². The molecule has 0 unspecified atom stereocenters. The highest BCUT2D eigenvalue weighted by Gasteiger charge is 2.22. The SMILES string of the molecule is CCc1cccc(CC)c1NC(=O)c1c(C)n(Cc2ccccc2)c(C)c(Cl)c1=O. The first-order valence-electron chi connectivity index (χ1n) is 10.2. The van der Waals surface area contributed by atoms with Gasteiger partial charge in [0.15, 0.2) is 0 Å². The van der Waals surface area contributed by atoms with E-state index in [9.17, 15) is 9.59 Å². The molecule has 0 atom stereocenters. The van der Waals surface area contributed by atoms with E-state index >= 15 is 0 Å². The number of hydrogen-bond donors (Lipinski definition) is 1. The molecule has 0 aliphatic heterocycles. The van der Waals surface area contributed by atoms with E-state index in [0.717, 1.165) is 35.2 Å². The number of carbonyl (C=O) groups excluding carboxylic acids is 1. The van der Waals surface area contributed by atoms with Crippen molar-refractivity contribution in [3.63, 3.8) is 0 Å². The zero-order valence-electron chi connectivity index (χ0n) is 17.9. The number of para-hydroxylation sites is 1. The fourth-order valence-corrected chi connectivity index (χ4v) is 3.99. The van der Waals surface area contributed by atoms with E-state index in [0.29, 0.717) is 17.9 Å². The van der Waals surface area contributed by atoms with E-state index in [2.05, 4.69) is 5.32 Å². The van der Waals surface area contributed by atoms with Crippen molar-refractivity contribution in [3.05, 3.63) is 97.4 Å². The van der Waals surface area contributed by atoms with Crippen LogP contribution >= 0.6 is 11.6 Å². The zero-order chi connectivity index (χ0) is 21.8. The standard InChI is InChI=1S/C25H27ClN2O2/c1-5-19-13-10-14-20(6-2)23(19)27-25(30)21-16(3)28(17(4)22(26)24(21)29)15-18-11-8-7-9-12-18/h7-14H,5-6,15H2,1-4H3,(H,27,30). The number of halogens is 1. The first-order chi connectivity index (χ1) is 14.4. The van der Waals surface area contributed by atoms with Crippen molar-refractivity contribution in [2.45, 2.75) is 47.1 Å². The number of nitrogens with one attached hydrogen (secondary N) is 1. The Morgan fingerprint density at radius 1 is 0.933 bits per heavy atom. The molecule has 5 heteroatoms. The van der Waals surface area contributed by atoms with Gasteiger partial charge in [-0.3, -0.25) is 9.59 Å². The molecule has 3 rings (SSSR count). The Kier molecular flexibility index (Phi) is 6.78. The van der Waals surface area contributed by atoms with E-state index < -0.39 is 11.3 Å². The maximum Gasteiger partial charge on any atom is 0.261 e. The fourth-order valence-electron chi connectivity index (χ4n) is 3.79. The lowest BCUT2D eigenvalue weighted by atomic mass is 10.0. The first-order valence-corrected chi connectivity index (χ1v) is 10.6. The zero-order valence-corrected chi connectivity index (χ0v) is 18.6. The summed E-state index contributed by atoms with van der Waals surface area (Å²) in [6.07, 6.45) is 1.57. The minimum Gasteiger partial charge on any atom is -0.342 e. The Balaban J connectivity index is 2.08. The summed E-state index contributed by atoms with van der Waals surface area (Å²) in [7, 11) is 0. The Hall–Kier alpha value is -2.85. The first kappa shape index (κ1) is 21.8. The summed E-state index contributed by atoms with van der Waals surface area (Å²) in [5, 5.41) is 3.09. The van der Waals surface area contributed by atoms with Crippen LogP contribution in [0.3, 0.4) is 0 Å². The van der Waals surface area contributed by atoms with Crippen LogP contribution in [-0.2, 0) is 19.4 Å². The molecule has 4 nitrogen and oxygen atoms in total. The number of anilines is 1. The van der Waals surface area contributed by atoms with Gasteiger partial charge < -0.3 is 9.88 Å². The van der Waals surface area contributed by atoms with Gasteiger partial charge in [-0.05, 0) is 43.4 Å². The lowest BCUT2D eigenvalue weighted by Crippen LogP contribution is -2.29. The summed E-state index contributed by atoms with van der Waals surface area (Å²) in [6, 6.07) is 15.9. The van der Waals surface area contributed by atoms with Crippen LogP contribution in [0.5, 0.6) is 0 Å². The average Bonchev–Trinajstić information content (AvgIpc) is 2.76. The second-order valence-corrected chi connectivity index (χ2v) is 7.75. The predicted molar refractivity (Wildman–Crippen MR) is 124 cm³/mol. The molecule has 0 bridgehead atoms. The molecular weight excluding hydrogens is 396 g/mol. The van der Waals surface area contributed by atoms with Gasteiger partial charge in [0.05, 0.1) is 0 Å². The van der Waals surface area contributed by atoms with Gasteiger partial charge in [-0.2, -0.15) is 0 Å². The van der Waals surface area contributed by atoms with E-state index in [4.69, 9.17) is 11.6 Å².